The summed E-state index contributed by atoms with van der Waals surface area (Å²) in [5.74, 6) is 1.03. The zero-order chi connectivity index (χ0) is 14.7. The summed E-state index contributed by atoms with van der Waals surface area (Å²) in [6, 6.07) is 4.53. The Hall–Kier alpha value is -0.760. The van der Waals surface area contributed by atoms with Gasteiger partial charge in [0.1, 0.15) is 11.6 Å². The lowest BCUT2D eigenvalue weighted by molar-refractivity contribution is 0.628. The molecule has 0 aliphatic rings. The Morgan fingerprint density at radius 1 is 1.30 bits per heavy atom. The molecule has 1 N–H and O–H groups in total. The van der Waals surface area contributed by atoms with E-state index in [0.29, 0.717) is 11.4 Å². The maximum absolute atomic E-state index is 13.4. The van der Waals surface area contributed by atoms with Crippen LogP contribution < -0.4 is 5.32 Å². The number of benzene rings is 1. The van der Waals surface area contributed by atoms with Gasteiger partial charge in [-0.2, -0.15) is 0 Å². The highest BCUT2D eigenvalue weighted by atomic mass is 127. The molecule has 1 aromatic carbocycles. The molecular weight excluding hydrogens is 436 g/mol. The van der Waals surface area contributed by atoms with Gasteiger partial charge in [0.25, 0.3) is 0 Å². The molecule has 0 saturated heterocycles. The molecule has 0 radical (unpaired) electrons. The Kier molecular flexibility index (Phi) is 5.31. The summed E-state index contributed by atoms with van der Waals surface area (Å²) in [7, 11) is 0. The van der Waals surface area contributed by atoms with E-state index in [1.807, 2.05) is 13.8 Å². The molecule has 106 valence electrons. The fraction of sp³-hybridized carbons (Fsp3) is 0.286. The molecule has 0 aliphatic carbocycles. The minimum Gasteiger partial charge on any atom is -0.369 e. The van der Waals surface area contributed by atoms with E-state index in [4.69, 9.17) is 0 Å². The molecule has 0 saturated carbocycles. The first kappa shape index (κ1) is 15.6. The van der Waals surface area contributed by atoms with Crippen LogP contribution in [-0.2, 0) is 6.42 Å². The molecule has 1 heterocycles. The number of rotatable bonds is 4. The molecule has 0 aliphatic heterocycles. The topological polar surface area (TPSA) is 37.8 Å². The first-order valence-electron chi connectivity index (χ1n) is 6.32. The van der Waals surface area contributed by atoms with E-state index in [9.17, 15) is 4.39 Å². The van der Waals surface area contributed by atoms with Crippen LogP contribution in [0.2, 0.25) is 0 Å². The van der Waals surface area contributed by atoms with Crippen LogP contribution >= 0.6 is 38.5 Å². The molecule has 3 nitrogen and oxygen atoms in total. The van der Waals surface area contributed by atoms with Crippen molar-refractivity contribution in [2.45, 2.75) is 20.3 Å². The third-order valence-corrected chi connectivity index (χ3v) is 4.59. The van der Waals surface area contributed by atoms with Crippen molar-refractivity contribution in [3.63, 3.8) is 0 Å². The van der Waals surface area contributed by atoms with Crippen molar-refractivity contribution in [2.75, 3.05) is 11.9 Å². The lowest BCUT2D eigenvalue weighted by Crippen LogP contribution is -2.07. The summed E-state index contributed by atoms with van der Waals surface area (Å²) in [6.45, 7) is 4.84. The van der Waals surface area contributed by atoms with Gasteiger partial charge in [0, 0.05) is 16.6 Å². The van der Waals surface area contributed by atoms with Crippen LogP contribution in [0.25, 0.3) is 11.4 Å². The zero-order valence-electron chi connectivity index (χ0n) is 11.2. The normalized spacial score (nSPS) is 10.7. The quantitative estimate of drug-likeness (QED) is 0.690. The van der Waals surface area contributed by atoms with Crippen molar-refractivity contribution in [1.82, 2.24) is 9.97 Å². The van der Waals surface area contributed by atoms with Gasteiger partial charge in [-0.15, -0.1) is 0 Å². The summed E-state index contributed by atoms with van der Waals surface area (Å²) in [5.41, 5.74) is 1.62. The molecular formula is C14H14BrFIN3. The fourth-order valence-electron chi connectivity index (χ4n) is 1.80. The van der Waals surface area contributed by atoms with Crippen LogP contribution in [0, 0.1) is 9.39 Å². The molecule has 0 atom stereocenters. The molecule has 0 unspecified atom stereocenters. The third kappa shape index (κ3) is 3.28. The predicted octanol–water partition coefficient (Wildman–Crippen LogP) is 4.64. The van der Waals surface area contributed by atoms with Gasteiger partial charge in [-0.1, -0.05) is 22.9 Å². The van der Waals surface area contributed by atoms with E-state index in [0.717, 1.165) is 32.5 Å². The van der Waals surface area contributed by atoms with E-state index >= 15 is 0 Å². The number of hydrogen-bond acceptors (Lipinski definition) is 3. The highest BCUT2D eigenvalue weighted by molar-refractivity contribution is 14.1. The van der Waals surface area contributed by atoms with Gasteiger partial charge in [0.15, 0.2) is 5.82 Å². The number of nitrogens with zero attached hydrogens (tertiary/aromatic N) is 2. The molecule has 0 spiro atoms. The fourth-order valence-corrected chi connectivity index (χ4v) is 3.04. The molecule has 20 heavy (non-hydrogen) atoms. The van der Waals surface area contributed by atoms with Crippen LogP contribution in [0.3, 0.4) is 0 Å². The number of anilines is 1. The van der Waals surface area contributed by atoms with Crippen LogP contribution in [0.4, 0.5) is 10.2 Å². The van der Waals surface area contributed by atoms with Gasteiger partial charge in [-0.25, -0.2) is 14.4 Å². The van der Waals surface area contributed by atoms with Gasteiger partial charge in [0.05, 0.1) is 9.26 Å². The standard InChI is InChI=1S/C14H14BrFIN3/c1-3-11-12(17)14(18-4-2)20-13(19-11)9-7-8(16)5-6-10(9)15/h5-7H,3-4H2,1-2H3,(H,18,19,20). The van der Waals surface area contributed by atoms with Crippen molar-refractivity contribution >= 4 is 44.3 Å². The summed E-state index contributed by atoms with van der Waals surface area (Å²) in [6.07, 6.45) is 0.805. The summed E-state index contributed by atoms with van der Waals surface area (Å²) in [5, 5.41) is 3.23. The molecule has 2 rings (SSSR count). The second kappa shape index (κ2) is 6.80. The van der Waals surface area contributed by atoms with E-state index in [1.165, 1.54) is 12.1 Å². The maximum atomic E-state index is 13.4. The lowest BCUT2D eigenvalue weighted by Gasteiger charge is -2.12. The average molecular weight is 450 g/mol. The molecule has 0 bridgehead atoms. The van der Waals surface area contributed by atoms with Crippen molar-refractivity contribution in [2.24, 2.45) is 0 Å². The summed E-state index contributed by atoms with van der Waals surface area (Å²) < 4.78 is 15.2. The minimum atomic E-state index is -0.298. The number of aromatic nitrogens is 2. The number of aryl methyl sites for hydroxylation is 1. The first-order valence-corrected chi connectivity index (χ1v) is 8.19. The average Bonchev–Trinajstić information content (AvgIpc) is 2.44. The number of halogens is 3. The van der Waals surface area contributed by atoms with Gasteiger partial charge >= 0.3 is 0 Å². The minimum absolute atomic E-state index is 0.298. The predicted molar refractivity (Wildman–Crippen MR) is 91.4 cm³/mol. The van der Waals surface area contributed by atoms with Crippen molar-refractivity contribution < 1.29 is 4.39 Å². The van der Waals surface area contributed by atoms with Gasteiger partial charge in [-0.05, 0) is 54.1 Å². The van der Waals surface area contributed by atoms with E-state index in [2.05, 4.69) is 53.8 Å². The second-order valence-corrected chi connectivity index (χ2v) is 6.10. The van der Waals surface area contributed by atoms with E-state index < -0.39 is 0 Å². The van der Waals surface area contributed by atoms with Gasteiger partial charge in [0.2, 0.25) is 0 Å². The van der Waals surface area contributed by atoms with Crippen molar-refractivity contribution in [1.29, 1.82) is 0 Å². The smallest absolute Gasteiger partial charge is 0.163 e. The molecule has 2 aromatic rings. The molecule has 0 fully saturated rings. The molecule has 1 aromatic heterocycles. The second-order valence-electron chi connectivity index (χ2n) is 4.16. The highest BCUT2D eigenvalue weighted by Gasteiger charge is 2.14. The van der Waals surface area contributed by atoms with Crippen LogP contribution in [0.15, 0.2) is 22.7 Å². The molecule has 6 heteroatoms. The van der Waals surface area contributed by atoms with E-state index in [-0.39, 0.29) is 5.82 Å². The SMILES string of the molecule is CCNc1nc(-c2cc(F)ccc2Br)nc(CC)c1I. The van der Waals surface area contributed by atoms with Crippen molar-refractivity contribution in [3.8, 4) is 11.4 Å². The number of hydrogen-bond donors (Lipinski definition) is 1. The Bertz CT molecular complexity index is 634. The van der Waals surface area contributed by atoms with Gasteiger partial charge < -0.3 is 5.32 Å². The largest absolute Gasteiger partial charge is 0.369 e. The summed E-state index contributed by atoms with van der Waals surface area (Å²) >= 11 is 5.67. The Balaban J connectivity index is 2.61. The van der Waals surface area contributed by atoms with Crippen LogP contribution in [0.1, 0.15) is 19.5 Å². The summed E-state index contributed by atoms with van der Waals surface area (Å²) in [4.78, 5) is 9.07. The van der Waals surface area contributed by atoms with Crippen LogP contribution in [-0.4, -0.2) is 16.5 Å². The maximum Gasteiger partial charge on any atom is 0.163 e. The van der Waals surface area contributed by atoms with Crippen molar-refractivity contribution in [3.05, 3.63) is 37.8 Å². The Morgan fingerprint density at radius 3 is 2.70 bits per heavy atom. The monoisotopic (exact) mass is 449 g/mol. The van der Waals surface area contributed by atoms with E-state index in [1.54, 1.807) is 6.07 Å². The highest BCUT2D eigenvalue weighted by Crippen LogP contribution is 2.29. The first-order chi connectivity index (χ1) is 9.56. The zero-order valence-corrected chi connectivity index (χ0v) is 14.9. The van der Waals surface area contributed by atoms with Crippen LogP contribution in [0.5, 0.6) is 0 Å². The Labute approximate surface area is 139 Å². The third-order valence-electron chi connectivity index (χ3n) is 2.77. The molecule has 0 amide bonds. The Morgan fingerprint density at radius 2 is 2.05 bits per heavy atom. The number of nitrogens with one attached hydrogen (secondary N) is 1. The lowest BCUT2D eigenvalue weighted by atomic mass is 10.2. The van der Waals surface area contributed by atoms with Gasteiger partial charge in [-0.3, -0.25) is 0 Å².